The largest absolute Gasteiger partial charge is 0.382 e. The van der Waals surface area contributed by atoms with Gasteiger partial charge in [-0.15, -0.1) is 0 Å². The Balaban J connectivity index is 0.000000490. The molecule has 0 bridgehead atoms. The molecule has 0 saturated heterocycles. The number of rotatable bonds is 0. The smallest absolute Gasteiger partial charge is 0.242 e. The monoisotopic (exact) mass is 122 g/mol. The first-order valence-corrected chi connectivity index (χ1v) is 1.50. The summed E-state index contributed by atoms with van der Waals surface area (Å²) in [5.41, 5.74) is -0.588. The fourth-order valence-electron chi connectivity index (χ4n) is 0.168. The summed E-state index contributed by atoms with van der Waals surface area (Å²) in [7, 11) is 0. The van der Waals surface area contributed by atoms with Crippen molar-refractivity contribution in [2.75, 3.05) is 0 Å². The third-order valence-corrected chi connectivity index (χ3v) is 0.366. The number of H-pyrrole nitrogens is 1. The van der Waals surface area contributed by atoms with Crippen molar-refractivity contribution < 1.29 is 0 Å². The summed E-state index contributed by atoms with van der Waals surface area (Å²) < 4.78 is 0. The first-order valence-electron chi connectivity index (χ1n) is 1.50. The van der Waals surface area contributed by atoms with Crippen LogP contribution in [0.1, 0.15) is 0 Å². The molecule has 7 heteroatoms. The van der Waals surface area contributed by atoms with Crippen LogP contribution in [-0.4, -0.2) is 55.4 Å². The van der Waals surface area contributed by atoms with E-state index in [9.17, 15) is 4.79 Å². The van der Waals surface area contributed by atoms with Crippen LogP contribution >= 0.6 is 0 Å². The van der Waals surface area contributed by atoms with E-state index in [1.807, 2.05) is 5.10 Å². The van der Waals surface area contributed by atoms with E-state index in [1.54, 1.807) is 0 Å². The molecular formula is CHN5NaO. The minimum absolute atomic E-state index is 0. The van der Waals surface area contributed by atoms with Crippen LogP contribution in [-0.2, 0) is 0 Å². The Labute approximate surface area is 66.0 Å². The van der Waals surface area contributed by atoms with Crippen molar-refractivity contribution in [2.24, 2.45) is 0 Å². The van der Waals surface area contributed by atoms with E-state index in [-0.39, 0.29) is 29.6 Å². The van der Waals surface area contributed by atoms with Gasteiger partial charge in [0, 0.05) is 29.6 Å². The molecule has 37 valence electrons. The zero-order valence-electron chi connectivity index (χ0n) is 4.20. The topological polar surface area (TPSA) is 84.4 Å². The number of nitrogens with one attached hydrogen (secondary N) is 1. The van der Waals surface area contributed by atoms with Crippen molar-refractivity contribution >= 4 is 29.6 Å². The predicted octanol–water partition coefficient (Wildman–Crippen LogP) is -2.43. The van der Waals surface area contributed by atoms with E-state index in [4.69, 9.17) is 0 Å². The van der Waals surface area contributed by atoms with Crippen molar-refractivity contribution in [2.45, 2.75) is 0 Å². The van der Waals surface area contributed by atoms with Gasteiger partial charge in [-0.25, -0.2) is 9.89 Å². The second-order valence-corrected chi connectivity index (χ2v) is 0.796. The maximum Gasteiger partial charge on any atom is 0.382 e. The van der Waals surface area contributed by atoms with Gasteiger partial charge >= 0.3 is 5.69 Å². The minimum atomic E-state index is -0.588. The van der Waals surface area contributed by atoms with E-state index in [0.29, 0.717) is 0 Å². The summed E-state index contributed by atoms with van der Waals surface area (Å²) in [6.45, 7) is 0. The number of aromatic amines is 1. The van der Waals surface area contributed by atoms with Crippen molar-refractivity contribution in [3.63, 3.8) is 0 Å². The van der Waals surface area contributed by atoms with E-state index < -0.39 is 5.69 Å². The average molecular weight is 122 g/mol. The Morgan fingerprint density at radius 1 is 1.38 bits per heavy atom. The standard InChI is InChI=1S/CHN5O.Na/c7-1-2-4-6-5-3-1;/h(H,2,3,6,7);. The van der Waals surface area contributed by atoms with Gasteiger partial charge in [-0.05, 0) is 15.6 Å². The fourth-order valence-corrected chi connectivity index (χ4v) is 0.168. The van der Waals surface area contributed by atoms with Gasteiger partial charge in [-0.2, -0.15) is 0 Å². The zero-order chi connectivity index (χ0) is 5.11. The Hall–Kier alpha value is -0.330. The van der Waals surface area contributed by atoms with E-state index in [1.165, 1.54) is 0 Å². The van der Waals surface area contributed by atoms with E-state index >= 15 is 0 Å². The van der Waals surface area contributed by atoms with Crippen LogP contribution in [0.3, 0.4) is 0 Å². The summed E-state index contributed by atoms with van der Waals surface area (Å²) in [5.74, 6) is 0. The SMILES string of the molecule is O=c1nnnn[nH]1.[Na]. The summed E-state index contributed by atoms with van der Waals surface area (Å²) >= 11 is 0. The third kappa shape index (κ3) is 2.10. The molecular weight excluding hydrogens is 121 g/mol. The van der Waals surface area contributed by atoms with Gasteiger partial charge < -0.3 is 0 Å². The summed E-state index contributed by atoms with van der Waals surface area (Å²) in [6, 6.07) is 0. The number of hydrogen-bond donors (Lipinski definition) is 1. The maximum atomic E-state index is 9.94. The van der Waals surface area contributed by atoms with Crippen LogP contribution in [0.5, 0.6) is 0 Å². The van der Waals surface area contributed by atoms with Gasteiger partial charge in [0.25, 0.3) is 0 Å². The zero-order valence-corrected chi connectivity index (χ0v) is 6.20. The van der Waals surface area contributed by atoms with Gasteiger partial charge in [0.1, 0.15) is 0 Å². The molecule has 1 radical (unpaired) electrons. The third-order valence-electron chi connectivity index (χ3n) is 0.366. The Morgan fingerprint density at radius 2 is 2.12 bits per heavy atom. The quantitative estimate of drug-likeness (QED) is 0.387. The van der Waals surface area contributed by atoms with Crippen LogP contribution < -0.4 is 5.69 Å². The van der Waals surface area contributed by atoms with Crippen molar-refractivity contribution in [1.82, 2.24) is 25.8 Å². The van der Waals surface area contributed by atoms with Crippen molar-refractivity contribution in [3.05, 3.63) is 10.5 Å². The van der Waals surface area contributed by atoms with Gasteiger partial charge in [0.15, 0.2) is 0 Å². The summed E-state index contributed by atoms with van der Waals surface area (Å²) in [4.78, 5) is 9.94. The molecule has 0 spiro atoms. The molecule has 0 fully saturated rings. The number of hydrogen-bond acceptors (Lipinski definition) is 5. The molecule has 0 saturated carbocycles. The minimum Gasteiger partial charge on any atom is -0.242 e. The van der Waals surface area contributed by atoms with Gasteiger partial charge in [-0.3, -0.25) is 0 Å². The number of nitrogens with zero attached hydrogens (tertiary/aromatic N) is 4. The molecule has 1 heterocycles. The second-order valence-electron chi connectivity index (χ2n) is 0.796. The molecule has 0 aliphatic rings. The van der Waals surface area contributed by atoms with Gasteiger partial charge in [0.2, 0.25) is 0 Å². The Kier molecular flexibility index (Phi) is 3.49. The molecule has 0 atom stereocenters. The van der Waals surface area contributed by atoms with Gasteiger partial charge in [0.05, 0.1) is 0 Å². The van der Waals surface area contributed by atoms with E-state index in [2.05, 4.69) is 20.7 Å². The Bertz CT molecular complexity index is 178. The van der Waals surface area contributed by atoms with Crippen molar-refractivity contribution in [3.8, 4) is 0 Å². The Morgan fingerprint density at radius 3 is 2.38 bits per heavy atom. The molecule has 0 aromatic carbocycles. The molecule has 0 amide bonds. The molecule has 1 aromatic heterocycles. The molecule has 0 aliphatic heterocycles. The second kappa shape index (κ2) is 3.65. The molecule has 0 unspecified atom stereocenters. The summed E-state index contributed by atoms with van der Waals surface area (Å²) in [5, 5.41) is 13.8. The fraction of sp³-hybridized carbons (Fsp3) is 0. The molecule has 0 aliphatic carbocycles. The molecule has 1 rings (SSSR count). The first-order chi connectivity index (χ1) is 3.39. The molecule has 6 nitrogen and oxygen atoms in total. The van der Waals surface area contributed by atoms with Crippen LogP contribution in [0.2, 0.25) is 0 Å². The average Bonchev–Trinajstić information content (AvgIpc) is 1.69. The van der Waals surface area contributed by atoms with Gasteiger partial charge in [-0.1, -0.05) is 5.10 Å². The molecule has 8 heavy (non-hydrogen) atoms. The number of aromatic nitrogens is 5. The van der Waals surface area contributed by atoms with Crippen LogP contribution in [0, 0.1) is 0 Å². The normalized spacial score (nSPS) is 7.50. The van der Waals surface area contributed by atoms with Crippen LogP contribution in [0.15, 0.2) is 4.79 Å². The summed E-state index contributed by atoms with van der Waals surface area (Å²) in [6.07, 6.45) is 0. The molecule has 1 aromatic rings. The van der Waals surface area contributed by atoms with Crippen LogP contribution in [0.4, 0.5) is 0 Å². The van der Waals surface area contributed by atoms with Crippen molar-refractivity contribution in [1.29, 1.82) is 0 Å². The van der Waals surface area contributed by atoms with E-state index in [0.717, 1.165) is 0 Å². The molecule has 1 N–H and O–H groups in total. The first kappa shape index (κ1) is 7.67. The maximum absolute atomic E-state index is 9.94. The predicted molar refractivity (Wildman–Crippen MR) is 24.0 cm³/mol. The van der Waals surface area contributed by atoms with Crippen LogP contribution in [0.25, 0.3) is 0 Å².